The fraction of sp³-hybridized carbons (Fsp3) is 1.00. The molecule has 1 heterocycles. The van der Waals surface area contributed by atoms with Crippen molar-refractivity contribution in [2.75, 3.05) is 13.1 Å². The molecule has 0 radical (unpaired) electrons. The zero-order valence-corrected chi connectivity index (χ0v) is 7.43. The minimum Gasteiger partial charge on any atom is -0.301 e. The zero-order chi connectivity index (χ0) is 7.56. The molecule has 1 aliphatic rings. The highest BCUT2D eigenvalue weighted by Crippen LogP contribution is 2.16. The second-order valence-corrected chi connectivity index (χ2v) is 3.84. The highest BCUT2D eigenvalue weighted by atomic mass is 15.1. The minimum absolute atomic E-state index is 0.753. The van der Waals surface area contributed by atoms with Crippen LogP contribution in [-0.4, -0.2) is 24.0 Å². The van der Waals surface area contributed by atoms with Gasteiger partial charge in [-0.2, -0.15) is 0 Å². The zero-order valence-electron chi connectivity index (χ0n) is 7.43. The summed E-state index contributed by atoms with van der Waals surface area (Å²) < 4.78 is 0. The van der Waals surface area contributed by atoms with Gasteiger partial charge in [0, 0.05) is 12.6 Å². The lowest BCUT2D eigenvalue weighted by Gasteiger charge is -2.33. The lowest BCUT2D eigenvalue weighted by Crippen LogP contribution is -2.38. The van der Waals surface area contributed by atoms with E-state index in [-0.39, 0.29) is 0 Å². The Bertz CT molecular complexity index is 98.9. The van der Waals surface area contributed by atoms with Crippen LogP contribution in [0.1, 0.15) is 33.6 Å². The first-order chi connectivity index (χ1) is 4.70. The number of likely N-dealkylation sites (tertiary alicyclic amines) is 1. The van der Waals surface area contributed by atoms with Crippen LogP contribution < -0.4 is 0 Å². The van der Waals surface area contributed by atoms with E-state index < -0.39 is 0 Å². The monoisotopic (exact) mass is 141 g/mol. The van der Waals surface area contributed by atoms with Gasteiger partial charge in [0.25, 0.3) is 0 Å². The third-order valence-corrected chi connectivity index (χ3v) is 2.42. The van der Waals surface area contributed by atoms with E-state index in [0.717, 1.165) is 12.0 Å². The van der Waals surface area contributed by atoms with Gasteiger partial charge in [0.2, 0.25) is 0 Å². The largest absolute Gasteiger partial charge is 0.301 e. The molecule has 10 heavy (non-hydrogen) atoms. The predicted molar refractivity (Wildman–Crippen MR) is 45.1 cm³/mol. The fourth-order valence-electron chi connectivity index (χ4n) is 1.69. The summed E-state index contributed by atoms with van der Waals surface area (Å²) in [6.45, 7) is 9.57. The second kappa shape index (κ2) is 3.38. The summed E-state index contributed by atoms with van der Waals surface area (Å²) in [5, 5.41) is 0. The summed E-state index contributed by atoms with van der Waals surface area (Å²) in [5.74, 6) is 0.927. The van der Waals surface area contributed by atoms with E-state index in [0.29, 0.717) is 0 Å². The van der Waals surface area contributed by atoms with Crippen LogP contribution in [0.2, 0.25) is 0 Å². The van der Waals surface area contributed by atoms with Crippen molar-refractivity contribution in [3.8, 4) is 0 Å². The summed E-state index contributed by atoms with van der Waals surface area (Å²) in [4.78, 5) is 2.58. The van der Waals surface area contributed by atoms with Gasteiger partial charge in [-0.15, -0.1) is 0 Å². The van der Waals surface area contributed by atoms with Crippen molar-refractivity contribution in [1.29, 1.82) is 0 Å². The Morgan fingerprint density at radius 2 is 2.10 bits per heavy atom. The quantitative estimate of drug-likeness (QED) is 0.540. The smallest absolute Gasteiger partial charge is 0.00387 e. The average molecular weight is 141 g/mol. The molecule has 1 nitrogen and oxygen atoms in total. The standard InChI is InChI=1S/C9H19N/c1-8(2)10-6-4-5-9(3)7-10/h8-9H,4-7H2,1-3H3/t9-/m1/s1. The first kappa shape index (κ1) is 8.06. The average Bonchev–Trinajstić information content (AvgIpc) is 1.88. The number of nitrogens with zero attached hydrogens (tertiary/aromatic N) is 1. The summed E-state index contributed by atoms with van der Waals surface area (Å²) >= 11 is 0. The maximum absolute atomic E-state index is 2.58. The molecule has 0 amide bonds. The first-order valence-electron chi connectivity index (χ1n) is 4.44. The van der Waals surface area contributed by atoms with E-state index >= 15 is 0 Å². The van der Waals surface area contributed by atoms with Crippen molar-refractivity contribution in [3.05, 3.63) is 0 Å². The van der Waals surface area contributed by atoms with Crippen molar-refractivity contribution in [2.24, 2.45) is 5.92 Å². The molecular weight excluding hydrogens is 122 g/mol. The summed E-state index contributed by atoms with van der Waals surface area (Å²) in [5.41, 5.74) is 0. The number of rotatable bonds is 1. The van der Waals surface area contributed by atoms with Crippen LogP contribution in [0.25, 0.3) is 0 Å². The Morgan fingerprint density at radius 1 is 1.40 bits per heavy atom. The molecule has 0 aliphatic carbocycles. The molecule has 0 spiro atoms. The van der Waals surface area contributed by atoms with Gasteiger partial charge >= 0.3 is 0 Å². The number of hydrogen-bond acceptors (Lipinski definition) is 1. The SMILES string of the molecule is CC(C)N1CCC[C@@H](C)C1. The van der Waals surface area contributed by atoms with Crippen LogP contribution in [0.15, 0.2) is 0 Å². The van der Waals surface area contributed by atoms with Crippen molar-refractivity contribution in [3.63, 3.8) is 0 Å². The lowest BCUT2D eigenvalue weighted by molar-refractivity contribution is 0.147. The van der Waals surface area contributed by atoms with Gasteiger partial charge in [-0.3, -0.25) is 0 Å². The van der Waals surface area contributed by atoms with Gasteiger partial charge in [0.15, 0.2) is 0 Å². The van der Waals surface area contributed by atoms with E-state index in [4.69, 9.17) is 0 Å². The van der Waals surface area contributed by atoms with Crippen molar-refractivity contribution >= 4 is 0 Å². The number of hydrogen-bond donors (Lipinski definition) is 0. The maximum Gasteiger partial charge on any atom is 0.00387 e. The van der Waals surface area contributed by atoms with Crippen LogP contribution in [0.3, 0.4) is 0 Å². The van der Waals surface area contributed by atoms with Crippen molar-refractivity contribution < 1.29 is 0 Å². The van der Waals surface area contributed by atoms with Crippen LogP contribution in [-0.2, 0) is 0 Å². The molecule has 0 saturated carbocycles. The van der Waals surface area contributed by atoms with E-state index in [9.17, 15) is 0 Å². The third-order valence-electron chi connectivity index (χ3n) is 2.42. The predicted octanol–water partition coefficient (Wildman–Crippen LogP) is 2.13. The molecule has 1 rings (SSSR count). The van der Waals surface area contributed by atoms with E-state index in [1.165, 1.54) is 25.9 Å². The lowest BCUT2D eigenvalue weighted by atomic mass is 9.99. The Labute approximate surface area is 64.4 Å². The van der Waals surface area contributed by atoms with Crippen LogP contribution in [0.5, 0.6) is 0 Å². The van der Waals surface area contributed by atoms with Crippen molar-refractivity contribution in [1.82, 2.24) is 4.90 Å². The minimum atomic E-state index is 0.753. The Balaban J connectivity index is 2.32. The molecule has 0 N–H and O–H groups in total. The van der Waals surface area contributed by atoms with Crippen molar-refractivity contribution in [2.45, 2.75) is 39.7 Å². The normalized spacial score (nSPS) is 29.4. The Morgan fingerprint density at radius 3 is 2.50 bits per heavy atom. The van der Waals surface area contributed by atoms with Gasteiger partial charge in [0.05, 0.1) is 0 Å². The Hall–Kier alpha value is -0.0400. The van der Waals surface area contributed by atoms with Gasteiger partial charge < -0.3 is 4.90 Å². The molecule has 0 unspecified atom stereocenters. The van der Waals surface area contributed by atoms with Gasteiger partial charge in [-0.1, -0.05) is 6.92 Å². The fourth-order valence-corrected chi connectivity index (χ4v) is 1.69. The molecule has 1 heteroatoms. The Kier molecular flexibility index (Phi) is 2.72. The van der Waals surface area contributed by atoms with Crippen LogP contribution in [0, 0.1) is 5.92 Å². The molecule has 0 aromatic carbocycles. The topological polar surface area (TPSA) is 3.24 Å². The van der Waals surface area contributed by atoms with E-state index in [1.807, 2.05) is 0 Å². The van der Waals surface area contributed by atoms with E-state index in [2.05, 4.69) is 25.7 Å². The van der Waals surface area contributed by atoms with Gasteiger partial charge in [-0.25, -0.2) is 0 Å². The molecular formula is C9H19N. The summed E-state index contributed by atoms with van der Waals surface area (Å²) in [6, 6.07) is 0.753. The molecule has 1 atom stereocenters. The first-order valence-corrected chi connectivity index (χ1v) is 4.44. The highest BCUT2D eigenvalue weighted by molar-refractivity contribution is 4.71. The van der Waals surface area contributed by atoms with Gasteiger partial charge in [0.1, 0.15) is 0 Å². The summed E-state index contributed by atoms with van der Waals surface area (Å²) in [7, 11) is 0. The number of piperidine rings is 1. The molecule has 1 aliphatic heterocycles. The molecule has 1 saturated heterocycles. The van der Waals surface area contributed by atoms with E-state index in [1.54, 1.807) is 0 Å². The van der Waals surface area contributed by atoms with Crippen LogP contribution in [0.4, 0.5) is 0 Å². The molecule has 0 bridgehead atoms. The maximum atomic E-state index is 2.58. The molecule has 0 aromatic rings. The van der Waals surface area contributed by atoms with Crippen LogP contribution >= 0.6 is 0 Å². The molecule has 60 valence electrons. The summed E-state index contributed by atoms with van der Waals surface area (Å²) in [6.07, 6.45) is 2.84. The molecule has 0 aromatic heterocycles. The highest BCUT2D eigenvalue weighted by Gasteiger charge is 2.17. The third kappa shape index (κ3) is 1.98. The molecule has 1 fully saturated rings. The second-order valence-electron chi connectivity index (χ2n) is 3.84. The van der Waals surface area contributed by atoms with Gasteiger partial charge in [-0.05, 0) is 39.2 Å².